The van der Waals surface area contributed by atoms with E-state index in [0.29, 0.717) is 17.5 Å². The summed E-state index contributed by atoms with van der Waals surface area (Å²) in [4.78, 5) is 13.9. The van der Waals surface area contributed by atoms with Gasteiger partial charge in [-0.1, -0.05) is 36.0 Å². The molecule has 25 heavy (non-hydrogen) atoms. The molecule has 0 N–H and O–H groups in total. The lowest BCUT2D eigenvalue weighted by Crippen LogP contribution is -2.29. The van der Waals surface area contributed by atoms with Crippen LogP contribution in [0.25, 0.3) is 0 Å². The maximum atomic E-state index is 12.2. The lowest BCUT2D eigenvalue weighted by atomic mass is 10.1. The number of carbonyl (C=O) groups is 1. The average Bonchev–Trinajstić information content (AvgIpc) is 2.98. The van der Waals surface area contributed by atoms with Gasteiger partial charge in [-0.2, -0.15) is 5.10 Å². The Kier molecular flexibility index (Phi) is 5.50. The number of rotatable bonds is 5. The zero-order valence-electron chi connectivity index (χ0n) is 14.2. The average molecular weight is 353 g/mol. The normalized spacial score (nSPS) is 16.2. The number of ether oxygens (including phenoxy) is 1. The van der Waals surface area contributed by atoms with Gasteiger partial charge < -0.3 is 4.74 Å². The molecule has 1 aliphatic heterocycles. The monoisotopic (exact) mass is 353 g/mol. The maximum absolute atomic E-state index is 12.2. The third-order valence-electron chi connectivity index (χ3n) is 3.91. The molecule has 2 aromatic carbocycles. The Hall–Kier alpha value is -2.60. The van der Waals surface area contributed by atoms with Gasteiger partial charge in [-0.15, -0.1) is 5.10 Å². The standard InChI is InChI=1S/C19H19N3O2S/c1-14-5-3-4-6-16(14)12-22-18(23)13-25-19(22)21-20-11-15-7-9-17(24-2)10-8-15/h3-11H,12-13H2,1-2H3/b20-11-,21-19+. The summed E-state index contributed by atoms with van der Waals surface area (Å²) in [5.41, 5.74) is 3.20. The first kappa shape index (κ1) is 17.2. The summed E-state index contributed by atoms with van der Waals surface area (Å²) < 4.78 is 5.13. The Bertz CT molecular complexity index is 816. The van der Waals surface area contributed by atoms with E-state index in [1.54, 1.807) is 18.2 Å². The molecule has 0 aliphatic carbocycles. The molecule has 0 atom stereocenters. The summed E-state index contributed by atoms with van der Waals surface area (Å²) in [6.45, 7) is 2.57. The molecule has 0 spiro atoms. The van der Waals surface area contributed by atoms with Gasteiger partial charge in [0.25, 0.3) is 0 Å². The zero-order chi connectivity index (χ0) is 17.6. The van der Waals surface area contributed by atoms with Crippen molar-refractivity contribution >= 4 is 29.1 Å². The predicted molar refractivity (Wildman–Crippen MR) is 102 cm³/mol. The number of hydrogen-bond donors (Lipinski definition) is 0. The second-order valence-corrected chi connectivity index (χ2v) is 6.54. The molecular weight excluding hydrogens is 334 g/mol. The smallest absolute Gasteiger partial charge is 0.239 e. The summed E-state index contributed by atoms with van der Waals surface area (Å²) >= 11 is 1.42. The van der Waals surface area contributed by atoms with Crippen molar-refractivity contribution in [2.24, 2.45) is 10.2 Å². The van der Waals surface area contributed by atoms with Crippen molar-refractivity contribution in [1.29, 1.82) is 0 Å². The van der Waals surface area contributed by atoms with Gasteiger partial charge in [-0.3, -0.25) is 9.69 Å². The van der Waals surface area contributed by atoms with E-state index < -0.39 is 0 Å². The summed E-state index contributed by atoms with van der Waals surface area (Å²) in [6.07, 6.45) is 1.67. The predicted octanol–water partition coefficient (Wildman–Crippen LogP) is 3.47. The first-order valence-corrected chi connectivity index (χ1v) is 8.88. The molecule has 5 nitrogen and oxygen atoms in total. The third-order valence-corrected chi connectivity index (χ3v) is 4.86. The first-order chi connectivity index (χ1) is 12.2. The molecule has 1 fully saturated rings. The van der Waals surface area contributed by atoms with E-state index in [9.17, 15) is 4.79 Å². The van der Waals surface area contributed by atoms with Crippen LogP contribution in [0.3, 0.4) is 0 Å². The van der Waals surface area contributed by atoms with Crippen molar-refractivity contribution in [3.63, 3.8) is 0 Å². The number of hydrogen-bond acceptors (Lipinski definition) is 5. The molecule has 1 heterocycles. The van der Waals surface area contributed by atoms with Crippen molar-refractivity contribution in [2.45, 2.75) is 13.5 Å². The second-order valence-electron chi connectivity index (χ2n) is 5.60. The zero-order valence-corrected chi connectivity index (χ0v) is 15.0. The van der Waals surface area contributed by atoms with Gasteiger partial charge in [0.15, 0.2) is 5.17 Å². The maximum Gasteiger partial charge on any atom is 0.239 e. The van der Waals surface area contributed by atoms with Gasteiger partial charge in [-0.05, 0) is 47.9 Å². The van der Waals surface area contributed by atoms with E-state index in [0.717, 1.165) is 22.4 Å². The molecule has 0 saturated carbocycles. The van der Waals surface area contributed by atoms with Crippen molar-refractivity contribution < 1.29 is 9.53 Å². The molecule has 0 aromatic heterocycles. The molecule has 6 heteroatoms. The Morgan fingerprint density at radius 2 is 1.96 bits per heavy atom. The molecule has 1 aliphatic rings. The summed E-state index contributed by atoms with van der Waals surface area (Å²) in [5.74, 6) is 1.26. The van der Waals surface area contributed by atoms with Crippen LogP contribution in [0.2, 0.25) is 0 Å². The lowest BCUT2D eigenvalue weighted by Gasteiger charge is -2.16. The first-order valence-electron chi connectivity index (χ1n) is 7.90. The van der Waals surface area contributed by atoms with Crippen molar-refractivity contribution in [1.82, 2.24) is 4.90 Å². The molecule has 1 saturated heterocycles. The SMILES string of the molecule is COc1ccc(/C=N\N=C2\SCC(=O)N2Cc2ccccc2C)cc1. The van der Waals surface area contributed by atoms with E-state index in [-0.39, 0.29) is 5.91 Å². The van der Waals surface area contributed by atoms with E-state index in [1.165, 1.54) is 11.8 Å². The second kappa shape index (κ2) is 7.98. The highest BCUT2D eigenvalue weighted by molar-refractivity contribution is 8.15. The molecule has 0 radical (unpaired) electrons. The van der Waals surface area contributed by atoms with Crippen LogP contribution in [0, 0.1) is 6.92 Å². The molecule has 2 aromatic rings. The fraction of sp³-hybridized carbons (Fsp3) is 0.211. The van der Waals surface area contributed by atoms with E-state index in [1.807, 2.05) is 55.5 Å². The van der Waals surface area contributed by atoms with Gasteiger partial charge in [-0.25, -0.2) is 0 Å². The molecule has 0 bridgehead atoms. The highest BCUT2D eigenvalue weighted by atomic mass is 32.2. The summed E-state index contributed by atoms with van der Waals surface area (Å²) in [7, 11) is 1.63. The Morgan fingerprint density at radius 1 is 1.20 bits per heavy atom. The van der Waals surface area contributed by atoms with Gasteiger partial charge in [0, 0.05) is 0 Å². The van der Waals surface area contributed by atoms with Crippen LogP contribution in [0.1, 0.15) is 16.7 Å². The number of thioether (sulfide) groups is 1. The minimum Gasteiger partial charge on any atom is -0.497 e. The van der Waals surface area contributed by atoms with Crippen LogP contribution in [-0.2, 0) is 11.3 Å². The number of aryl methyl sites for hydroxylation is 1. The van der Waals surface area contributed by atoms with Crippen LogP contribution >= 0.6 is 11.8 Å². The molecular formula is C19H19N3O2S. The van der Waals surface area contributed by atoms with Crippen molar-refractivity contribution in [3.05, 3.63) is 65.2 Å². The Morgan fingerprint density at radius 3 is 2.68 bits per heavy atom. The van der Waals surface area contributed by atoms with Gasteiger partial charge >= 0.3 is 0 Å². The topological polar surface area (TPSA) is 54.3 Å². The Balaban J connectivity index is 1.73. The largest absolute Gasteiger partial charge is 0.497 e. The number of benzene rings is 2. The number of amidine groups is 1. The van der Waals surface area contributed by atoms with Crippen molar-refractivity contribution in [2.75, 3.05) is 12.9 Å². The quantitative estimate of drug-likeness (QED) is 0.611. The third kappa shape index (κ3) is 4.28. The molecule has 128 valence electrons. The van der Waals surface area contributed by atoms with E-state index >= 15 is 0 Å². The fourth-order valence-electron chi connectivity index (χ4n) is 2.42. The summed E-state index contributed by atoms with van der Waals surface area (Å²) in [6, 6.07) is 15.6. The van der Waals surface area contributed by atoms with Crippen LogP contribution < -0.4 is 4.74 Å². The molecule has 3 rings (SSSR count). The van der Waals surface area contributed by atoms with Crippen LogP contribution in [0.5, 0.6) is 5.75 Å². The lowest BCUT2D eigenvalue weighted by molar-refractivity contribution is -0.124. The van der Waals surface area contributed by atoms with E-state index in [2.05, 4.69) is 10.2 Å². The van der Waals surface area contributed by atoms with Crippen molar-refractivity contribution in [3.8, 4) is 5.75 Å². The number of carbonyl (C=O) groups excluding carboxylic acids is 1. The minimum absolute atomic E-state index is 0.0617. The number of amides is 1. The van der Waals surface area contributed by atoms with Crippen LogP contribution in [0.15, 0.2) is 58.7 Å². The fourth-order valence-corrected chi connectivity index (χ4v) is 3.26. The molecule has 1 amide bonds. The highest BCUT2D eigenvalue weighted by Gasteiger charge is 2.28. The number of methoxy groups -OCH3 is 1. The number of nitrogens with zero attached hydrogens (tertiary/aromatic N) is 3. The highest BCUT2D eigenvalue weighted by Crippen LogP contribution is 2.23. The van der Waals surface area contributed by atoms with E-state index in [4.69, 9.17) is 4.74 Å². The van der Waals surface area contributed by atoms with Crippen LogP contribution in [0.4, 0.5) is 0 Å². The van der Waals surface area contributed by atoms with Gasteiger partial charge in [0.05, 0.1) is 25.6 Å². The Labute approximate surface area is 151 Å². The minimum atomic E-state index is 0.0617. The summed E-state index contributed by atoms with van der Waals surface area (Å²) in [5, 5.41) is 9.01. The van der Waals surface area contributed by atoms with Gasteiger partial charge in [0.1, 0.15) is 5.75 Å². The molecule has 0 unspecified atom stereocenters. The van der Waals surface area contributed by atoms with Gasteiger partial charge in [0.2, 0.25) is 5.91 Å². The van der Waals surface area contributed by atoms with Crippen LogP contribution in [-0.4, -0.2) is 35.1 Å².